The molecule has 3 nitrogen and oxygen atoms in total. The van der Waals surface area contributed by atoms with E-state index in [4.69, 9.17) is 0 Å². The minimum atomic E-state index is -0.255. The van der Waals surface area contributed by atoms with Crippen LogP contribution in [-0.4, -0.2) is 29.9 Å². The lowest BCUT2D eigenvalue weighted by molar-refractivity contribution is -0.141. The Morgan fingerprint density at radius 1 is 1.90 bits per heavy atom. The van der Waals surface area contributed by atoms with Crippen LogP contribution in [0.25, 0.3) is 0 Å². The topological polar surface area (TPSA) is 38.7 Å². The van der Waals surface area contributed by atoms with E-state index in [1.54, 1.807) is 11.8 Å². The predicted molar refractivity (Wildman–Crippen MR) is 41.4 cm³/mol. The van der Waals surface area contributed by atoms with Crippen LogP contribution in [0.15, 0.2) is 4.99 Å². The molecule has 0 unspecified atom stereocenters. The summed E-state index contributed by atoms with van der Waals surface area (Å²) in [5.41, 5.74) is 0. The van der Waals surface area contributed by atoms with E-state index >= 15 is 0 Å². The molecule has 0 saturated heterocycles. The molecule has 0 bridgehead atoms. The molecule has 56 valence electrons. The molecular formula is C6H9NO2S. The number of thioether (sulfide) groups is 1. The fourth-order valence-electron chi connectivity index (χ4n) is 0.750. The van der Waals surface area contributed by atoms with E-state index in [0.29, 0.717) is 0 Å². The monoisotopic (exact) mass is 159 g/mol. The molecule has 0 N–H and O–H groups in total. The van der Waals surface area contributed by atoms with Gasteiger partial charge in [0.1, 0.15) is 0 Å². The summed E-state index contributed by atoms with van der Waals surface area (Å²) in [6, 6.07) is -0.255. The first-order valence-electron chi connectivity index (χ1n) is 2.99. The van der Waals surface area contributed by atoms with E-state index in [-0.39, 0.29) is 12.0 Å². The van der Waals surface area contributed by atoms with Crippen LogP contribution < -0.4 is 0 Å². The molecule has 1 atom stereocenters. The lowest BCUT2D eigenvalue weighted by atomic mass is 10.4. The minimum absolute atomic E-state index is 0.232. The zero-order chi connectivity index (χ0) is 7.56. The SMILES string of the molecule is COC(=O)[C@@H]1CSC(C)=N1. The van der Waals surface area contributed by atoms with Crippen molar-refractivity contribution in [3.63, 3.8) is 0 Å². The van der Waals surface area contributed by atoms with Crippen LogP contribution in [0, 0.1) is 0 Å². The molecule has 0 saturated carbocycles. The molecule has 1 rings (SSSR count). The van der Waals surface area contributed by atoms with E-state index < -0.39 is 0 Å². The molecule has 4 heteroatoms. The lowest BCUT2D eigenvalue weighted by Crippen LogP contribution is -2.19. The predicted octanol–water partition coefficient (Wildman–Crippen LogP) is 0.693. The van der Waals surface area contributed by atoms with Gasteiger partial charge in [-0.3, -0.25) is 4.99 Å². The Morgan fingerprint density at radius 3 is 3.00 bits per heavy atom. The van der Waals surface area contributed by atoms with Crippen molar-refractivity contribution >= 4 is 22.8 Å². The van der Waals surface area contributed by atoms with Gasteiger partial charge >= 0.3 is 5.97 Å². The summed E-state index contributed by atoms with van der Waals surface area (Å²) in [4.78, 5) is 14.9. The van der Waals surface area contributed by atoms with Crippen molar-refractivity contribution < 1.29 is 9.53 Å². The third-order valence-corrected chi connectivity index (χ3v) is 2.27. The molecule has 1 aliphatic heterocycles. The molecule has 1 heterocycles. The molecule has 0 fully saturated rings. The molecule has 1 aliphatic rings. The van der Waals surface area contributed by atoms with Crippen molar-refractivity contribution in [3.05, 3.63) is 0 Å². The van der Waals surface area contributed by atoms with E-state index in [9.17, 15) is 4.79 Å². The van der Waals surface area contributed by atoms with E-state index in [1.165, 1.54) is 7.11 Å². The van der Waals surface area contributed by atoms with Crippen LogP contribution in [0.3, 0.4) is 0 Å². The average Bonchev–Trinajstić information content (AvgIpc) is 2.34. The molecule has 0 amide bonds. The summed E-state index contributed by atoms with van der Waals surface area (Å²) in [6.45, 7) is 1.90. The van der Waals surface area contributed by atoms with Crippen LogP contribution in [0.2, 0.25) is 0 Å². The summed E-state index contributed by atoms with van der Waals surface area (Å²) in [6.07, 6.45) is 0. The minimum Gasteiger partial charge on any atom is -0.467 e. The maximum Gasteiger partial charge on any atom is 0.331 e. The van der Waals surface area contributed by atoms with Gasteiger partial charge in [-0.05, 0) is 6.92 Å². The standard InChI is InChI=1S/C6H9NO2S/c1-4-7-5(3-10-4)6(8)9-2/h5H,3H2,1-2H3/t5-/m0/s1. The number of ether oxygens (including phenoxy) is 1. The van der Waals surface area contributed by atoms with Crippen molar-refractivity contribution in [1.82, 2.24) is 0 Å². The van der Waals surface area contributed by atoms with Gasteiger partial charge in [0.25, 0.3) is 0 Å². The second kappa shape index (κ2) is 3.05. The molecule has 0 aliphatic carbocycles. The Kier molecular flexibility index (Phi) is 2.32. The van der Waals surface area contributed by atoms with Crippen molar-refractivity contribution in [2.45, 2.75) is 13.0 Å². The molecule has 0 aromatic rings. The highest BCUT2D eigenvalue weighted by Gasteiger charge is 2.23. The highest BCUT2D eigenvalue weighted by Crippen LogP contribution is 2.17. The van der Waals surface area contributed by atoms with Gasteiger partial charge in [-0.1, -0.05) is 0 Å². The largest absolute Gasteiger partial charge is 0.467 e. The lowest BCUT2D eigenvalue weighted by Gasteiger charge is -2.00. The van der Waals surface area contributed by atoms with Gasteiger partial charge in [-0.25, -0.2) is 4.79 Å². The van der Waals surface area contributed by atoms with E-state index in [0.717, 1.165) is 10.8 Å². The molecule has 0 aromatic carbocycles. The molecule has 0 aromatic heterocycles. The Labute approximate surface area is 63.9 Å². The van der Waals surface area contributed by atoms with Gasteiger partial charge in [0.05, 0.1) is 12.2 Å². The number of carbonyl (C=O) groups is 1. The van der Waals surface area contributed by atoms with Gasteiger partial charge in [-0.2, -0.15) is 0 Å². The Morgan fingerprint density at radius 2 is 2.60 bits per heavy atom. The Balaban J connectivity index is 2.52. The molecule has 0 spiro atoms. The third-order valence-electron chi connectivity index (χ3n) is 1.26. The van der Waals surface area contributed by atoms with Crippen LogP contribution in [0.4, 0.5) is 0 Å². The number of rotatable bonds is 1. The second-order valence-electron chi connectivity index (χ2n) is 2.00. The Hall–Kier alpha value is -0.510. The fraction of sp³-hybridized carbons (Fsp3) is 0.667. The maximum absolute atomic E-state index is 10.8. The van der Waals surface area contributed by atoms with Gasteiger partial charge < -0.3 is 4.74 Å². The zero-order valence-corrected chi connectivity index (χ0v) is 6.77. The van der Waals surface area contributed by atoms with Gasteiger partial charge in [-0.15, -0.1) is 11.8 Å². The summed E-state index contributed by atoms with van der Waals surface area (Å²) in [5, 5.41) is 0.968. The van der Waals surface area contributed by atoms with Crippen LogP contribution >= 0.6 is 11.8 Å². The number of carbonyl (C=O) groups excluding carboxylic acids is 1. The van der Waals surface area contributed by atoms with Crippen molar-refractivity contribution in [2.75, 3.05) is 12.9 Å². The van der Waals surface area contributed by atoms with Crippen LogP contribution in [0.1, 0.15) is 6.92 Å². The number of nitrogens with zero attached hydrogens (tertiary/aromatic N) is 1. The normalized spacial score (nSPS) is 24.2. The van der Waals surface area contributed by atoms with Crippen molar-refractivity contribution in [3.8, 4) is 0 Å². The number of esters is 1. The zero-order valence-electron chi connectivity index (χ0n) is 5.96. The first kappa shape index (κ1) is 7.60. The molecule has 0 radical (unpaired) electrons. The van der Waals surface area contributed by atoms with E-state index in [1.807, 2.05) is 6.92 Å². The van der Waals surface area contributed by atoms with Gasteiger partial charge in [0, 0.05) is 5.75 Å². The molecular weight excluding hydrogens is 150 g/mol. The second-order valence-corrected chi connectivity index (χ2v) is 3.21. The van der Waals surface area contributed by atoms with Crippen molar-refractivity contribution in [2.24, 2.45) is 4.99 Å². The highest BCUT2D eigenvalue weighted by atomic mass is 32.2. The van der Waals surface area contributed by atoms with Gasteiger partial charge in [0.15, 0.2) is 6.04 Å². The molecule has 10 heavy (non-hydrogen) atoms. The number of methoxy groups -OCH3 is 1. The third kappa shape index (κ3) is 1.50. The summed E-state index contributed by atoms with van der Waals surface area (Å²) in [7, 11) is 1.39. The van der Waals surface area contributed by atoms with Crippen molar-refractivity contribution in [1.29, 1.82) is 0 Å². The fourth-order valence-corrected chi connectivity index (χ4v) is 1.56. The van der Waals surface area contributed by atoms with Gasteiger partial charge in [0.2, 0.25) is 0 Å². The number of hydrogen-bond acceptors (Lipinski definition) is 4. The average molecular weight is 159 g/mol. The van der Waals surface area contributed by atoms with E-state index in [2.05, 4.69) is 9.73 Å². The van der Waals surface area contributed by atoms with Crippen LogP contribution in [0.5, 0.6) is 0 Å². The summed E-state index contributed by atoms with van der Waals surface area (Å²) in [5.74, 6) is 0.503. The quantitative estimate of drug-likeness (QED) is 0.528. The van der Waals surface area contributed by atoms with Crippen LogP contribution in [-0.2, 0) is 9.53 Å². The smallest absolute Gasteiger partial charge is 0.331 e. The first-order chi connectivity index (χ1) is 4.74. The summed E-state index contributed by atoms with van der Waals surface area (Å²) >= 11 is 1.60. The Bertz CT molecular complexity index is 179. The number of aliphatic imine (C=N–C) groups is 1. The highest BCUT2D eigenvalue weighted by molar-refractivity contribution is 8.14. The number of hydrogen-bond donors (Lipinski definition) is 0. The maximum atomic E-state index is 10.8. The summed E-state index contributed by atoms with van der Waals surface area (Å²) < 4.78 is 4.52. The first-order valence-corrected chi connectivity index (χ1v) is 3.97.